The molecule has 0 aliphatic rings. The third-order valence-electron chi connectivity index (χ3n) is 2.26. The number of nitrogens with zero attached hydrogens (tertiary/aromatic N) is 1. The minimum Gasteiger partial charge on any atom is -0.481 e. The molecular formula is C11H21NO5. The molecule has 17 heavy (non-hydrogen) atoms. The summed E-state index contributed by atoms with van der Waals surface area (Å²) in [5.74, 6) is -0.932. The van der Waals surface area contributed by atoms with E-state index in [-0.39, 0.29) is 18.7 Å². The van der Waals surface area contributed by atoms with Crippen LogP contribution in [0.4, 0.5) is 0 Å². The van der Waals surface area contributed by atoms with Crippen molar-refractivity contribution in [2.45, 2.75) is 19.3 Å². The molecule has 0 radical (unpaired) electrons. The molecule has 0 unspecified atom stereocenters. The molecule has 0 aliphatic carbocycles. The highest BCUT2D eigenvalue weighted by Gasteiger charge is 2.13. The summed E-state index contributed by atoms with van der Waals surface area (Å²) in [7, 11) is 3.15. The molecule has 0 aromatic heterocycles. The Kier molecular flexibility index (Phi) is 9.37. The Morgan fingerprint density at radius 3 is 2.00 bits per heavy atom. The van der Waals surface area contributed by atoms with E-state index in [1.54, 1.807) is 19.1 Å². The summed E-state index contributed by atoms with van der Waals surface area (Å²) in [6.45, 7) is 1.94. The third kappa shape index (κ3) is 8.65. The predicted molar refractivity (Wildman–Crippen MR) is 61.8 cm³/mol. The summed E-state index contributed by atoms with van der Waals surface area (Å²) in [6.07, 6.45) is 0.637. The predicted octanol–water partition coefficient (Wildman–Crippen LogP) is 0.363. The Balaban J connectivity index is 3.97. The molecule has 0 fully saturated rings. The zero-order valence-electron chi connectivity index (χ0n) is 10.5. The second-order valence-corrected chi connectivity index (χ2v) is 3.61. The van der Waals surface area contributed by atoms with E-state index >= 15 is 0 Å². The molecule has 0 aromatic rings. The molecule has 0 spiro atoms. The number of aliphatic carboxylic acids is 1. The summed E-state index contributed by atoms with van der Waals surface area (Å²) in [5.41, 5.74) is 0. The maximum Gasteiger partial charge on any atom is 0.303 e. The van der Waals surface area contributed by atoms with Gasteiger partial charge in [0.2, 0.25) is 5.91 Å². The average Bonchev–Trinajstić information content (AvgIpc) is 2.28. The summed E-state index contributed by atoms with van der Waals surface area (Å²) < 4.78 is 9.83. The Morgan fingerprint density at radius 2 is 1.59 bits per heavy atom. The fourth-order valence-electron chi connectivity index (χ4n) is 1.31. The van der Waals surface area contributed by atoms with Crippen LogP contribution in [0.15, 0.2) is 0 Å². The SMILES string of the molecule is COCCN(CCOC)C(=O)CCCC(=O)O. The molecule has 0 rings (SSSR count). The molecule has 0 atom stereocenters. The Labute approximate surface area is 101 Å². The van der Waals surface area contributed by atoms with Crippen molar-refractivity contribution in [3.8, 4) is 0 Å². The number of carboxylic acids is 1. The number of amides is 1. The lowest BCUT2D eigenvalue weighted by Crippen LogP contribution is -2.36. The van der Waals surface area contributed by atoms with E-state index in [9.17, 15) is 9.59 Å². The zero-order chi connectivity index (χ0) is 13.1. The number of carboxylic acid groups (broad SMARTS) is 1. The largest absolute Gasteiger partial charge is 0.481 e. The molecule has 0 aromatic carbocycles. The Bertz CT molecular complexity index is 224. The van der Waals surface area contributed by atoms with E-state index < -0.39 is 5.97 Å². The zero-order valence-corrected chi connectivity index (χ0v) is 10.5. The monoisotopic (exact) mass is 247 g/mol. The van der Waals surface area contributed by atoms with Gasteiger partial charge in [0.15, 0.2) is 0 Å². The van der Waals surface area contributed by atoms with Crippen LogP contribution in [0.25, 0.3) is 0 Å². The van der Waals surface area contributed by atoms with E-state index in [1.807, 2.05) is 0 Å². The van der Waals surface area contributed by atoms with E-state index in [0.717, 1.165) is 0 Å². The minimum absolute atomic E-state index is 0.0220. The lowest BCUT2D eigenvalue weighted by molar-refractivity contribution is -0.137. The Morgan fingerprint density at radius 1 is 1.06 bits per heavy atom. The fraction of sp³-hybridized carbons (Fsp3) is 0.818. The van der Waals surface area contributed by atoms with Gasteiger partial charge in [0.25, 0.3) is 0 Å². The fourth-order valence-corrected chi connectivity index (χ4v) is 1.31. The first kappa shape index (κ1) is 15.9. The van der Waals surface area contributed by atoms with Crippen LogP contribution in [0.3, 0.4) is 0 Å². The van der Waals surface area contributed by atoms with Gasteiger partial charge >= 0.3 is 5.97 Å². The van der Waals surface area contributed by atoms with E-state index in [1.165, 1.54) is 0 Å². The van der Waals surface area contributed by atoms with Crippen LogP contribution in [-0.2, 0) is 19.1 Å². The van der Waals surface area contributed by atoms with Crippen molar-refractivity contribution in [3.05, 3.63) is 0 Å². The summed E-state index contributed by atoms with van der Waals surface area (Å²) in [6, 6.07) is 0. The number of ether oxygens (including phenoxy) is 2. The van der Waals surface area contributed by atoms with Gasteiger partial charge in [-0.1, -0.05) is 0 Å². The van der Waals surface area contributed by atoms with Gasteiger partial charge in [-0.15, -0.1) is 0 Å². The second-order valence-electron chi connectivity index (χ2n) is 3.61. The van der Waals surface area contributed by atoms with Gasteiger partial charge in [-0.05, 0) is 6.42 Å². The van der Waals surface area contributed by atoms with Gasteiger partial charge in [0, 0.05) is 40.2 Å². The maximum absolute atomic E-state index is 11.8. The quantitative estimate of drug-likeness (QED) is 0.603. The van der Waals surface area contributed by atoms with Gasteiger partial charge in [-0.25, -0.2) is 0 Å². The lowest BCUT2D eigenvalue weighted by Gasteiger charge is -2.21. The van der Waals surface area contributed by atoms with Crippen LogP contribution in [0.1, 0.15) is 19.3 Å². The average molecular weight is 247 g/mol. The van der Waals surface area contributed by atoms with Crippen molar-refractivity contribution in [2.24, 2.45) is 0 Å². The van der Waals surface area contributed by atoms with Crippen molar-refractivity contribution in [1.82, 2.24) is 4.90 Å². The van der Waals surface area contributed by atoms with Crippen LogP contribution < -0.4 is 0 Å². The smallest absolute Gasteiger partial charge is 0.303 e. The third-order valence-corrected chi connectivity index (χ3v) is 2.26. The summed E-state index contributed by atoms with van der Waals surface area (Å²) >= 11 is 0. The molecule has 6 nitrogen and oxygen atoms in total. The van der Waals surface area contributed by atoms with Crippen LogP contribution >= 0.6 is 0 Å². The molecular weight excluding hydrogens is 226 g/mol. The number of carbonyl (C=O) groups excluding carboxylic acids is 1. The van der Waals surface area contributed by atoms with Crippen LogP contribution in [-0.4, -0.2) is 62.4 Å². The van der Waals surface area contributed by atoms with Gasteiger partial charge in [0.1, 0.15) is 0 Å². The molecule has 100 valence electrons. The molecule has 0 heterocycles. The van der Waals surface area contributed by atoms with Gasteiger partial charge in [0.05, 0.1) is 13.2 Å². The topological polar surface area (TPSA) is 76.1 Å². The van der Waals surface area contributed by atoms with E-state index in [4.69, 9.17) is 14.6 Å². The van der Waals surface area contributed by atoms with Crippen molar-refractivity contribution in [2.75, 3.05) is 40.5 Å². The maximum atomic E-state index is 11.8. The molecule has 0 bridgehead atoms. The van der Waals surface area contributed by atoms with Crippen molar-refractivity contribution in [1.29, 1.82) is 0 Å². The van der Waals surface area contributed by atoms with Crippen LogP contribution in [0, 0.1) is 0 Å². The van der Waals surface area contributed by atoms with Crippen LogP contribution in [0.2, 0.25) is 0 Å². The summed E-state index contributed by atoms with van der Waals surface area (Å²) in [4.78, 5) is 23.7. The Hall–Kier alpha value is -1.14. The number of hydrogen-bond acceptors (Lipinski definition) is 4. The highest BCUT2D eigenvalue weighted by atomic mass is 16.5. The molecule has 1 amide bonds. The normalized spacial score (nSPS) is 10.2. The van der Waals surface area contributed by atoms with Gasteiger partial charge in [-0.2, -0.15) is 0 Å². The van der Waals surface area contributed by atoms with Gasteiger partial charge < -0.3 is 19.5 Å². The van der Waals surface area contributed by atoms with Crippen molar-refractivity contribution >= 4 is 11.9 Å². The minimum atomic E-state index is -0.877. The van der Waals surface area contributed by atoms with Gasteiger partial charge in [-0.3, -0.25) is 9.59 Å². The highest BCUT2D eigenvalue weighted by Crippen LogP contribution is 2.01. The van der Waals surface area contributed by atoms with Crippen molar-refractivity contribution in [3.63, 3.8) is 0 Å². The number of hydrogen-bond donors (Lipinski definition) is 1. The van der Waals surface area contributed by atoms with E-state index in [0.29, 0.717) is 32.7 Å². The van der Waals surface area contributed by atoms with Crippen molar-refractivity contribution < 1.29 is 24.2 Å². The number of carbonyl (C=O) groups is 2. The second kappa shape index (κ2) is 10.0. The molecule has 0 saturated heterocycles. The first-order chi connectivity index (χ1) is 8.11. The van der Waals surface area contributed by atoms with E-state index in [2.05, 4.69) is 0 Å². The molecule has 1 N–H and O–H groups in total. The molecule has 6 heteroatoms. The summed E-state index contributed by atoms with van der Waals surface area (Å²) in [5, 5.41) is 8.48. The molecule has 0 saturated carbocycles. The number of rotatable bonds is 10. The number of methoxy groups -OCH3 is 2. The van der Waals surface area contributed by atoms with Crippen LogP contribution in [0.5, 0.6) is 0 Å². The highest BCUT2D eigenvalue weighted by molar-refractivity contribution is 5.77. The standard InChI is InChI=1S/C11H21NO5/c1-16-8-6-12(7-9-17-2)10(13)4-3-5-11(14)15/h3-9H2,1-2H3,(H,14,15). The molecule has 0 aliphatic heterocycles. The lowest BCUT2D eigenvalue weighted by atomic mass is 10.2. The first-order valence-electron chi connectivity index (χ1n) is 5.59. The first-order valence-corrected chi connectivity index (χ1v) is 5.59.